The van der Waals surface area contributed by atoms with Gasteiger partial charge in [0.05, 0.1) is 49.6 Å². The maximum absolute atomic E-state index is 13.5. The lowest BCUT2D eigenvalue weighted by atomic mass is 10.0. The summed E-state index contributed by atoms with van der Waals surface area (Å²) in [7, 11) is 0. The van der Waals surface area contributed by atoms with E-state index in [1.807, 2.05) is 110 Å². The number of hydrogen-bond acceptors (Lipinski definition) is 19. The average molecular weight is 1810 g/mol. The van der Waals surface area contributed by atoms with Crippen molar-refractivity contribution in [3.05, 3.63) is 288 Å². The fourth-order valence-corrected chi connectivity index (χ4v) is 16.0. The van der Waals surface area contributed by atoms with E-state index in [0.29, 0.717) is 119 Å². The lowest BCUT2D eigenvalue weighted by molar-refractivity contribution is -0.234. The van der Waals surface area contributed by atoms with E-state index in [2.05, 4.69) is 36.6 Å². The molecule has 0 spiro atoms. The normalized spacial score (nSPS) is 16.4. The summed E-state index contributed by atoms with van der Waals surface area (Å²) in [6.07, 6.45) is -3.20. The highest BCUT2D eigenvalue weighted by atomic mass is 19.4. The third-order valence-electron chi connectivity index (χ3n) is 23.3. The number of nitrogen functional groups attached to an aromatic ring is 3. The van der Waals surface area contributed by atoms with Crippen molar-refractivity contribution in [2.75, 3.05) is 63.4 Å². The van der Waals surface area contributed by atoms with Crippen LogP contribution in [-0.4, -0.2) is 145 Å². The molecule has 4 aromatic heterocycles. The number of anilines is 3. The highest BCUT2D eigenvalue weighted by molar-refractivity contribution is 6.06. The van der Waals surface area contributed by atoms with Crippen molar-refractivity contribution < 1.29 is 79.3 Å². The Balaban J connectivity index is 0.000000150. The maximum Gasteiger partial charge on any atom is 0.414 e. The van der Waals surface area contributed by atoms with Crippen molar-refractivity contribution >= 4 is 64.7 Å². The number of carbonyl (C=O) groups is 8. The van der Waals surface area contributed by atoms with Gasteiger partial charge in [0, 0.05) is 109 Å². The number of nitrogens with zero attached hydrogens (tertiary/aromatic N) is 8. The molecule has 12 aromatic rings. The summed E-state index contributed by atoms with van der Waals surface area (Å²) in [6, 6.07) is 51.2. The van der Waals surface area contributed by atoms with E-state index in [4.69, 9.17) is 64.2 Å². The zero-order valence-electron chi connectivity index (χ0n) is 73.1. The number of primary amides is 4. The SMILES string of the molecule is Cc1ccc(F)cc1C(=O)NCc1ccc(-c2nn(C3CCCOC3)c(N)c2C(N)=O)cc1.Cc1ccc(F)cc1C(=O)NCc1ccc(-c2nn(C3CCOC3)c(N)c2C(N)=O)cc1.Cc1ccccc1C(=O)NCc1ccc(-c2nn(C3CCOC(C(F)(F)F)C3)c(N)c2C(N)=O)cc1.Cc1ccccc1C(=O)NCc1ccc(-c2nn(C3CCOC3)c(C)c2C(N)=O)cc1. The van der Waals surface area contributed by atoms with E-state index in [1.54, 1.807) is 96.0 Å². The molecule has 0 saturated carbocycles. The summed E-state index contributed by atoms with van der Waals surface area (Å²) < 4.78 is 94.1. The summed E-state index contributed by atoms with van der Waals surface area (Å²) in [5, 5.41) is 29.6. The first kappa shape index (κ1) is 94.9. The monoisotopic (exact) mass is 1810 g/mol. The number of halogens is 5. The zero-order valence-corrected chi connectivity index (χ0v) is 73.1. The molecule has 8 aromatic carbocycles. The minimum absolute atomic E-state index is 0.0392. The van der Waals surface area contributed by atoms with Gasteiger partial charge in [-0.2, -0.15) is 33.6 Å². The summed E-state index contributed by atoms with van der Waals surface area (Å²) >= 11 is 0. The molecule has 8 amide bonds. The molecule has 5 atom stereocenters. The van der Waals surface area contributed by atoms with Crippen LogP contribution in [0.1, 0.15) is 196 Å². The van der Waals surface area contributed by atoms with Crippen molar-refractivity contribution in [2.45, 2.75) is 136 Å². The Morgan fingerprint density at radius 2 is 0.674 bits per heavy atom. The third-order valence-corrected chi connectivity index (χ3v) is 23.3. The highest BCUT2D eigenvalue weighted by Gasteiger charge is 2.45. The van der Waals surface area contributed by atoms with Gasteiger partial charge in [0.2, 0.25) is 0 Å². The summed E-state index contributed by atoms with van der Waals surface area (Å²) in [6.45, 7) is 13.8. The van der Waals surface area contributed by atoms with Gasteiger partial charge in [-0.25, -0.2) is 22.8 Å². The molecule has 5 unspecified atom stereocenters. The largest absolute Gasteiger partial charge is 0.414 e. The molecule has 18 N–H and O–H groups in total. The van der Waals surface area contributed by atoms with Crippen LogP contribution in [0, 0.1) is 46.3 Å². The van der Waals surface area contributed by atoms with E-state index < -0.39 is 53.6 Å². The molecule has 8 heterocycles. The lowest BCUT2D eigenvalue weighted by Crippen LogP contribution is -2.39. The predicted molar refractivity (Wildman–Crippen MR) is 484 cm³/mol. The standard InChI is InChI=1S/C25H26F3N5O3.C24H26FN5O3.C24H26N4O3.C23H24FN5O3/c1-14-4-2-3-5-18(14)24(35)31-13-15-6-8-16(9-7-15)21-20(23(30)34)22(29)33(32-21)17-10-11-36-19(12-17)25(26,27)28;1-14-4-9-17(25)11-19(14)24(32)28-12-15-5-7-16(8-6-15)21-20(23(27)31)22(26)30(29-21)18-3-2-10-33-13-18;1-15-5-3-4-6-20(15)24(30)26-13-17-7-9-18(10-8-17)22-21(23(25)29)16(2)28(27-22)19-11-12-31-14-19;1-13-2-7-16(24)10-18(13)23(31)27-11-14-3-5-15(6-4-14)20-19(22(26)30)21(25)29(28-20)17-8-9-32-12-17/h2-9,17,19H,10-13,29H2,1H3,(H2,30,34)(H,31,35);4-9,11,18H,2-3,10,12-13,26H2,1H3,(H2,27,31)(H,28,32);3-10,19H,11-14H2,1-2H3,(H2,25,29)(H,26,30);2-7,10,17H,8-9,11-12,25H2,1H3,(H2,26,30)(H,27,31). The number of alkyl halides is 3. The number of aromatic nitrogens is 8. The van der Waals surface area contributed by atoms with Gasteiger partial charge in [0.15, 0.2) is 6.10 Å². The first-order valence-electron chi connectivity index (χ1n) is 42.7. The van der Waals surface area contributed by atoms with Crippen LogP contribution >= 0.6 is 0 Å². The van der Waals surface area contributed by atoms with Crippen molar-refractivity contribution in [3.8, 4) is 45.0 Å². The number of benzene rings is 8. The fraction of sp³-hybridized carbons (Fsp3) is 0.292. The first-order valence-corrected chi connectivity index (χ1v) is 42.7. The maximum atomic E-state index is 13.5. The van der Waals surface area contributed by atoms with Crippen molar-refractivity contribution in [2.24, 2.45) is 22.9 Å². The molecule has 0 bridgehead atoms. The van der Waals surface area contributed by atoms with Gasteiger partial charge in [-0.15, -0.1) is 0 Å². The van der Waals surface area contributed by atoms with Crippen LogP contribution in [-0.2, 0) is 45.1 Å². The molecule has 132 heavy (non-hydrogen) atoms. The van der Waals surface area contributed by atoms with Crippen LogP contribution in [0.15, 0.2) is 182 Å². The second kappa shape index (κ2) is 42.2. The Bertz CT molecular complexity index is 6230. The highest BCUT2D eigenvalue weighted by Crippen LogP contribution is 2.40. The average Bonchev–Trinajstić information content (AvgIpc) is 1.62. The van der Waals surface area contributed by atoms with Crippen LogP contribution in [0.4, 0.5) is 39.4 Å². The quantitative estimate of drug-likeness (QED) is 0.0250. The second-order valence-electron chi connectivity index (χ2n) is 32.4. The molecule has 31 nitrogen and oxygen atoms in total. The van der Waals surface area contributed by atoms with E-state index in [9.17, 15) is 60.3 Å². The van der Waals surface area contributed by atoms with E-state index in [-0.39, 0.29) is 121 Å². The fourth-order valence-electron chi connectivity index (χ4n) is 16.0. The van der Waals surface area contributed by atoms with Gasteiger partial charge in [-0.1, -0.05) is 146 Å². The molecule has 0 radical (unpaired) electrons. The van der Waals surface area contributed by atoms with E-state index in [0.717, 1.165) is 70.3 Å². The van der Waals surface area contributed by atoms with Crippen LogP contribution in [0.5, 0.6) is 0 Å². The molecule has 4 aliphatic rings. The minimum atomic E-state index is -4.51. The number of hydrogen-bond donors (Lipinski definition) is 11. The van der Waals surface area contributed by atoms with Gasteiger partial charge < -0.3 is 80.4 Å². The van der Waals surface area contributed by atoms with Gasteiger partial charge in [0.25, 0.3) is 47.3 Å². The first-order chi connectivity index (χ1) is 63.2. The molecule has 16 rings (SSSR count). The Hall–Kier alpha value is -14.8. The van der Waals surface area contributed by atoms with E-state index >= 15 is 0 Å². The van der Waals surface area contributed by atoms with Crippen LogP contribution in [0.25, 0.3) is 45.0 Å². The van der Waals surface area contributed by atoms with Gasteiger partial charge in [0.1, 0.15) is 68.6 Å². The number of carbonyl (C=O) groups excluding carboxylic acids is 8. The molecule has 4 fully saturated rings. The van der Waals surface area contributed by atoms with Crippen molar-refractivity contribution in [1.82, 2.24) is 60.4 Å². The molecule has 4 aliphatic heterocycles. The molecule has 36 heteroatoms. The minimum Gasteiger partial charge on any atom is -0.383 e. The topological polar surface area (TPSA) is 475 Å². The third kappa shape index (κ3) is 22.4. The molecular formula is C96H102F5N19O12. The Morgan fingerprint density at radius 1 is 0.371 bits per heavy atom. The Morgan fingerprint density at radius 3 is 1.01 bits per heavy atom. The smallest absolute Gasteiger partial charge is 0.383 e. The summed E-state index contributed by atoms with van der Waals surface area (Å²) in [5.74, 6) is -4.18. The molecule has 4 saturated heterocycles. The number of ether oxygens (including phenoxy) is 4. The Labute approximate surface area is 756 Å². The summed E-state index contributed by atoms with van der Waals surface area (Å²) in [5.41, 5.74) is 55.2. The number of nitrogens with one attached hydrogen (secondary N) is 4. The van der Waals surface area contributed by atoms with Crippen molar-refractivity contribution in [1.29, 1.82) is 0 Å². The number of aryl methyl sites for hydroxylation is 4. The van der Waals surface area contributed by atoms with Gasteiger partial charge >= 0.3 is 6.18 Å². The second-order valence-corrected chi connectivity index (χ2v) is 32.4. The molecule has 0 aliphatic carbocycles. The van der Waals surface area contributed by atoms with E-state index in [1.165, 1.54) is 28.9 Å². The van der Waals surface area contributed by atoms with Crippen LogP contribution in [0.2, 0.25) is 0 Å². The van der Waals surface area contributed by atoms with Gasteiger partial charge in [-0.05, 0) is 148 Å². The van der Waals surface area contributed by atoms with Crippen molar-refractivity contribution in [3.63, 3.8) is 0 Å². The molecular weight excluding hydrogens is 1710 g/mol. The number of amides is 8. The number of nitrogens with two attached hydrogens (primary N) is 7. The lowest BCUT2D eigenvalue weighted by Gasteiger charge is -2.31. The predicted octanol–water partition coefficient (Wildman–Crippen LogP) is 12.4. The summed E-state index contributed by atoms with van der Waals surface area (Å²) in [4.78, 5) is 98.2. The molecule has 688 valence electrons. The van der Waals surface area contributed by atoms with Crippen LogP contribution in [0.3, 0.4) is 0 Å². The Kier molecular flexibility index (Phi) is 30.3. The number of rotatable bonds is 24. The zero-order chi connectivity index (χ0) is 94.4. The van der Waals surface area contributed by atoms with Crippen LogP contribution < -0.4 is 61.4 Å². The van der Waals surface area contributed by atoms with Gasteiger partial charge in [-0.3, -0.25) is 43.0 Å².